The number of rotatable bonds is 11. The fourth-order valence-electron chi connectivity index (χ4n) is 3.62. The van der Waals surface area contributed by atoms with Crippen molar-refractivity contribution in [1.82, 2.24) is 9.21 Å². The molecular formula is C25H27ClFN3O5S2. The number of carbonyl (C=O) groups is 1. The van der Waals surface area contributed by atoms with E-state index in [-0.39, 0.29) is 23.0 Å². The van der Waals surface area contributed by atoms with Crippen molar-refractivity contribution in [3.05, 3.63) is 90.9 Å². The molecule has 0 saturated carbocycles. The number of thiophene rings is 1. The zero-order valence-electron chi connectivity index (χ0n) is 20.6. The number of nitrogens with zero attached hydrogens (tertiary/aromatic N) is 3. The summed E-state index contributed by atoms with van der Waals surface area (Å²) < 4.78 is 41.7. The minimum Gasteiger partial charge on any atom is -0.332 e. The van der Waals surface area contributed by atoms with Crippen LogP contribution in [-0.2, 0) is 27.9 Å². The Morgan fingerprint density at radius 2 is 1.84 bits per heavy atom. The predicted octanol–water partition coefficient (Wildman–Crippen LogP) is 5.78. The van der Waals surface area contributed by atoms with Gasteiger partial charge in [0.15, 0.2) is 0 Å². The molecule has 0 radical (unpaired) electrons. The Kier molecular flexibility index (Phi) is 9.41. The summed E-state index contributed by atoms with van der Waals surface area (Å²) in [7, 11) is -4.29. The van der Waals surface area contributed by atoms with Crippen LogP contribution in [0.25, 0.3) is 0 Å². The highest BCUT2D eigenvalue weighted by atomic mass is 35.5. The van der Waals surface area contributed by atoms with Crippen LogP contribution in [0.3, 0.4) is 0 Å². The van der Waals surface area contributed by atoms with Gasteiger partial charge in [0.1, 0.15) is 10.8 Å². The minimum absolute atomic E-state index is 0.150. The second kappa shape index (κ2) is 12.1. The number of hydrogen-bond donors (Lipinski definition) is 0. The Morgan fingerprint density at radius 3 is 2.41 bits per heavy atom. The molecule has 1 unspecified atom stereocenters. The molecule has 2 aromatic carbocycles. The van der Waals surface area contributed by atoms with Crippen molar-refractivity contribution in [3.8, 4) is 0 Å². The van der Waals surface area contributed by atoms with Crippen LogP contribution in [0.5, 0.6) is 0 Å². The van der Waals surface area contributed by atoms with Crippen LogP contribution >= 0.6 is 22.9 Å². The molecule has 37 heavy (non-hydrogen) atoms. The molecule has 198 valence electrons. The molecule has 0 N–H and O–H groups in total. The third-order valence-corrected chi connectivity index (χ3v) is 9.32. The normalized spacial score (nSPS) is 12.5. The molecule has 1 aromatic heterocycles. The summed E-state index contributed by atoms with van der Waals surface area (Å²) in [6.45, 7) is 5.31. The predicted molar refractivity (Wildman–Crippen MR) is 141 cm³/mol. The first kappa shape index (κ1) is 28.7. The molecule has 0 saturated heterocycles. The molecule has 12 heteroatoms. The fraction of sp³-hybridized carbons (Fsp3) is 0.320. The molecule has 0 aliphatic rings. The molecule has 0 fully saturated rings. The van der Waals surface area contributed by atoms with Crippen molar-refractivity contribution < 1.29 is 22.5 Å². The zero-order chi connectivity index (χ0) is 27.3. The van der Waals surface area contributed by atoms with Gasteiger partial charge in [-0.2, -0.15) is 4.31 Å². The lowest BCUT2D eigenvalue weighted by Crippen LogP contribution is -2.46. The Balaban J connectivity index is 1.96. The van der Waals surface area contributed by atoms with Gasteiger partial charge in [0.05, 0.1) is 22.9 Å². The van der Waals surface area contributed by atoms with E-state index >= 15 is 0 Å². The monoisotopic (exact) mass is 567 g/mol. The van der Waals surface area contributed by atoms with Crippen molar-refractivity contribution in [2.45, 2.75) is 51.2 Å². The Morgan fingerprint density at radius 1 is 1.16 bits per heavy atom. The molecule has 3 rings (SSSR count). The lowest BCUT2D eigenvalue weighted by Gasteiger charge is -2.30. The molecule has 3 aromatic rings. The number of amides is 1. The number of aryl methyl sites for hydroxylation is 1. The van der Waals surface area contributed by atoms with E-state index in [2.05, 4.69) is 0 Å². The van der Waals surface area contributed by atoms with Crippen LogP contribution in [0, 0.1) is 22.9 Å². The van der Waals surface area contributed by atoms with Gasteiger partial charge in [-0.1, -0.05) is 30.7 Å². The van der Waals surface area contributed by atoms with Gasteiger partial charge in [0, 0.05) is 23.5 Å². The van der Waals surface area contributed by atoms with Crippen molar-refractivity contribution in [3.63, 3.8) is 0 Å². The van der Waals surface area contributed by atoms with E-state index in [1.807, 2.05) is 18.4 Å². The van der Waals surface area contributed by atoms with Gasteiger partial charge in [-0.25, -0.2) is 12.8 Å². The maximum atomic E-state index is 13.6. The van der Waals surface area contributed by atoms with E-state index in [0.29, 0.717) is 12.0 Å². The molecule has 1 heterocycles. The smallest absolute Gasteiger partial charge is 0.289 e. The van der Waals surface area contributed by atoms with Gasteiger partial charge >= 0.3 is 0 Å². The standard InChI is InChI=1S/C25H27ClFN3O5S2/c1-4-18(3)29(37(34,35)21-9-10-22(26)23(13-21)30(32)33)16-25(31)28(15-24-17(2)11-12-36-24)14-19-5-7-20(27)8-6-19/h5-13,18H,4,14-16H2,1-3H3. The summed E-state index contributed by atoms with van der Waals surface area (Å²) >= 11 is 7.35. The van der Waals surface area contributed by atoms with Crippen LogP contribution in [0.4, 0.5) is 10.1 Å². The molecule has 0 aliphatic heterocycles. The van der Waals surface area contributed by atoms with E-state index < -0.39 is 44.9 Å². The maximum Gasteiger partial charge on any atom is 0.289 e. The number of benzene rings is 2. The average Bonchev–Trinajstić information content (AvgIpc) is 3.26. The van der Waals surface area contributed by atoms with E-state index in [9.17, 15) is 27.7 Å². The van der Waals surface area contributed by atoms with Crippen molar-refractivity contribution >= 4 is 44.6 Å². The van der Waals surface area contributed by atoms with Crippen LogP contribution in [-0.4, -0.2) is 41.0 Å². The molecule has 1 amide bonds. The topological polar surface area (TPSA) is 101 Å². The van der Waals surface area contributed by atoms with E-state index in [0.717, 1.165) is 26.9 Å². The van der Waals surface area contributed by atoms with Crippen LogP contribution in [0.15, 0.2) is 58.8 Å². The zero-order valence-corrected chi connectivity index (χ0v) is 22.9. The minimum atomic E-state index is -4.29. The van der Waals surface area contributed by atoms with E-state index in [1.54, 1.807) is 26.0 Å². The quantitative estimate of drug-likeness (QED) is 0.216. The number of hydrogen-bond acceptors (Lipinski definition) is 6. The second-order valence-corrected chi connectivity index (χ2v) is 11.9. The summed E-state index contributed by atoms with van der Waals surface area (Å²) in [6, 6.07) is 10.4. The molecular weight excluding hydrogens is 541 g/mol. The van der Waals surface area contributed by atoms with Crippen LogP contribution in [0.2, 0.25) is 5.02 Å². The highest BCUT2D eigenvalue weighted by molar-refractivity contribution is 7.89. The van der Waals surface area contributed by atoms with Gasteiger partial charge in [-0.15, -0.1) is 11.3 Å². The first-order chi connectivity index (χ1) is 17.4. The number of halogens is 2. The summed E-state index contributed by atoms with van der Waals surface area (Å²) in [5.74, 6) is -0.855. The molecule has 0 spiro atoms. The molecule has 0 bridgehead atoms. The average molecular weight is 568 g/mol. The summed E-state index contributed by atoms with van der Waals surface area (Å²) in [6.07, 6.45) is 0.407. The second-order valence-electron chi connectivity index (χ2n) is 8.58. The number of nitro groups is 1. The van der Waals surface area contributed by atoms with Crippen molar-refractivity contribution in [2.75, 3.05) is 6.54 Å². The summed E-state index contributed by atoms with van der Waals surface area (Å²) in [5.41, 5.74) is 1.15. The maximum absolute atomic E-state index is 13.6. The highest BCUT2D eigenvalue weighted by Crippen LogP contribution is 2.30. The van der Waals surface area contributed by atoms with Gasteiger partial charge in [-0.3, -0.25) is 14.9 Å². The fourth-order valence-corrected chi connectivity index (χ4v) is 6.41. The molecule has 1 atom stereocenters. The van der Waals surface area contributed by atoms with Gasteiger partial charge < -0.3 is 4.90 Å². The SMILES string of the molecule is CCC(C)N(CC(=O)N(Cc1ccc(F)cc1)Cc1sccc1C)S(=O)(=O)c1ccc(Cl)c([N+](=O)[O-])c1. The Bertz CT molecular complexity index is 1380. The Labute approximate surface area is 224 Å². The molecule has 8 nitrogen and oxygen atoms in total. The number of nitro benzene ring substituents is 1. The first-order valence-corrected chi connectivity index (χ1v) is 14.1. The van der Waals surface area contributed by atoms with Gasteiger partial charge in [0.25, 0.3) is 5.69 Å². The van der Waals surface area contributed by atoms with E-state index in [4.69, 9.17) is 11.6 Å². The highest BCUT2D eigenvalue weighted by Gasteiger charge is 2.33. The third kappa shape index (κ3) is 6.92. The van der Waals surface area contributed by atoms with Crippen LogP contribution in [0.1, 0.15) is 36.3 Å². The number of sulfonamides is 1. The lowest BCUT2D eigenvalue weighted by atomic mass is 10.2. The van der Waals surface area contributed by atoms with Crippen molar-refractivity contribution in [1.29, 1.82) is 0 Å². The largest absolute Gasteiger partial charge is 0.332 e. The van der Waals surface area contributed by atoms with Gasteiger partial charge in [0.2, 0.25) is 15.9 Å². The van der Waals surface area contributed by atoms with Gasteiger partial charge in [-0.05, 0) is 67.1 Å². The lowest BCUT2D eigenvalue weighted by molar-refractivity contribution is -0.384. The number of carbonyl (C=O) groups excluding carboxylic acids is 1. The summed E-state index contributed by atoms with van der Waals surface area (Å²) in [5, 5.41) is 13.1. The first-order valence-electron chi connectivity index (χ1n) is 11.4. The Hall–Kier alpha value is -2.86. The van der Waals surface area contributed by atoms with E-state index in [1.165, 1.54) is 34.4 Å². The molecule has 0 aliphatic carbocycles. The third-order valence-electron chi connectivity index (χ3n) is 6.04. The van der Waals surface area contributed by atoms with Crippen molar-refractivity contribution in [2.24, 2.45) is 0 Å². The van der Waals surface area contributed by atoms with Crippen LogP contribution < -0.4 is 0 Å². The summed E-state index contributed by atoms with van der Waals surface area (Å²) in [4.78, 5) is 26.3.